The third-order valence-corrected chi connectivity index (χ3v) is 21.7. The van der Waals surface area contributed by atoms with Gasteiger partial charge in [0.1, 0.15) is 18.1 Å². The highest BCUT2D eigenvalue weighted by molar-refractivity contribution is 6.05. The van der Waals surface area contributed by atoms with Crippen molar-refractivity contribution in [3.63, 3.8) is 0 Å². The largest absolute Gasteiger partial charge is 0.476 e. The van der Waals surface area contributed by atoms with Gasteiger partial charge in [0.25, 0.3) is 35.4 Å². The van der Waals surface area contributed by atoms with Gasteiger partial charge in [-0.05, 0) is 71.6 Å². The quantitative estimate of drug-likeness (QED) is 0.0884. The molecule has 8 aromatic heterocycles. The summed E-state index contributed by atoms with van der Waals surface area (Å²) in [5, 5.41) is 48.5. The van der Waals surface area contributed by atoms with Gasteiger partial charge < -0.3 is 26.8 Å². The molecule has 12 atom stereocenters. The highest BCUT2D eigenvalue weighted by Crippen LogP contribution is 2.56. The lowest BCUT2D eigenvalue weighted by molar-refractivity contribution is -0.121. The number of carboxylic acids is 1. The SMILES string of the molecule is C.C.CN1C(=O)[C@@H](N)C2C[C@H]2c2nccnc21.CN1C(=O)[C@@H](NC(=O)c2cn(Cc3ccccc3)nn2)C2C[C@H]2c2nccnc21.CN1C(=O)[C@@H](NC(=O)c2cn(Cc3ccccc3)nn2)[C@H]2C[C@H]2c2nccnc21.CN1C(=O)[C@H](NC(=O)c2cn(Cc3ccccc3)nn2)[C@@H]2C[C@@H]2c2nccnc21.O=C(O)c1cn(Cc2ccccc2)nn1. The third kappa shape index (κ3) is 17.7. The van der Waals surface area contributed by atoms with Crippen LogP contribution in [0.5, 0.6) is 0 Å². The molecule has 12 aromatic rings. The van der Waals surface area contributed by atoms with Gasteiger partial charge >= 0.3 is 5.97 Å². The number of nitrogens with zero attached hydrogens (tertiary/aromatic N) is 24. The Balaban J connectivity index is 0.000000125. The molecule has 12 heterocycles. The van der Waals surface area contributed by atoms with Crippen molar-refractivity contribution in [1.82, 2.24) is 116 Å². The van der Waals surface area contributed by atoms with E-state index in [0.29, 0.717) is 55.4 Å². The van der Waals surface area contributed by atoms with Gasteiger partial charge in [-0.3, -0.25) is 73.1 Å². The lowest BCUT2D eigenvalue weighted by atomic mass is 10.1. The Morgan fingerprint density at radius 1 is 0.353 bits per heavy atom. The van der Waals surface area contributed by atoms with Crippen LogP contribution >= 0.6 is 0 Å². The van der Waals surface area contributed by atoms with Crippen LogP contribution in [0.4, 0.5) is 23.3 Å². The van der Waals surface area contributed by atoms with Crippen molar-refractivity contribution in [1.29, 1.82) is 0 Å². The Bertz CT molecular complexity index is 5280. The van der Waals surface area contributed by atoms with Crippen LogP contribution < -0.4 is 41.3 Å². The second kappa shape index (κ2) is 34.9. The van der Waals surface area contributed by atoms with E-state index in [1.165, 1.54) is 30.5 Å². The van der Waals surface area contributed by atoms with Gasteiger partial charge in [0.15, 0.2) is 46.0 Å². The Hall–Kier alpha value is -14.5. The van der Waals surface area contributed by atoms with Crippen molar-refractivity contribution in [2.75, 3.05) is 47.8 Å². The Labute approximate surface area is 682 Å². The molecule has 0 spiro atoms. The second-order valence-corrected chi connectivity index (χ2v) is 29.5. The Morgan fingerprint density at radius 2 is 0.588 bits per heavy atom. The summed E-state index contributed by atoms with van der Waals surface area (Å²) in [6.07, 6.45) is 22.5. The number of fused-ring (bicyclic) bond motifs is 12. The van der Waals surface area contributed by atoms with Crippen LogP contribution in [0.2, 0.25) is 0 Å². The number of carboxylic acid groups (broad SMARTS) is 1. The Kier molecular flexibility index (Phi) is 23.8. The van der Waals surface area contributed by atoms with E-state index in [9.17, 15) is 38.4 Å². The minimum Gasteiger partial charge on any atom is -0.476 e. The normalized spacial score (nSPS) is 21.9. The van der Waals surface area contributed by atoms with E-state index < -0.39 is 47.9 Å². The molecule has 2 unspecified atom stereocenters. The summed E-state index contributed by atoms with van der Waals surface area (Å²) < 4.78 is 6.32. The molecule has 4 fully saturated rings. The van der Waals surface area contributed by atoms with Gasteiger partial charge in [0.05, 0.1) is 79.8 Å². The number of benzene rings is 4. The van der Waals surface area contributed by atoms with Gasteiger partial charge in [0, 0.05) is 101 Å². The van der Waals surface area contributed by atoms with E-state index in [1.807, 2.05) is 121 Å². The molecular weight excluding hydrogens is 1520 g/mol. The summed E-state index contributed by atoms with van der Waals surface area (Å²) in [6.45, 7) is 2.08. The molecule has 8 aliphatic rings. The van der Waals surface area contributed by atoms with Crippen LogP contribution in [0.1, 0.15) is 151 Å². The smallest absolute Gasteiger partial charge is 0.358 e. The average Bonchev–Trinajstić information content (AvgIpc) is 1.61. The molecule has 4 aliphatic heterocycles. The van der Waals surface area contributed by atoms with E-state index >= 15 is 0 Å². The van der Waals surface area contributed by atoms with Gasteiger partial charge in [-0.1, -0.05) is 157 Å². The number of nitrogens with two attached hydrogens (primary N) is 1. The lowest BCUT2D eigenvalue weighted by Gasteiger charge is -2.22. The van der Waals surface area contributed by atoms with E-state index in [1.54, 1.807) is 110 Å². The fraction of sp³-hybridized carbons (Fsp3) is 0.317. The summed E-state index contributed by atoms with van der Waals surface area (Å²) in [5.41, 5.74) is 14.0. The van der Waals surface area contributed by atoms with E-state index in [2.05, 4.69) is 97.1 Å². The molecule has 37 nitrogen and oxygen atoms in total. The third-order valence-electron chi connectivity index (χ3n) is 21.7. The maximum Gasteiger partial charge on any atom is 0.358 e. The number of aromatic carboxylic acids is 1. The number of rotatable bonds is 15. The van der Waals surface area contributed by atoms with Crippen molar-refractivity contribution in [3.8, 4) is 0 Å². The molecule has 20 rings (SSSR count). The number of anilines is 4. The molecule has 6 N–H and O–H groups in total. The summed E-state index contributed by atoms with van der Waals surface area (Å²) in [7, 11) is 6.70. The minimum absolute atomic E-state index is 0. The maximum atomic E-state index is 13.0. The number of carbonyl (C=O) groups is 8. The van der Waals surface area contributed by atoms with Crippen LogP contribution in [0.3, 0.4) is 0 Å². The highest BCUT2D eigenvalue weighted by atomic mass is 16.4. The molecule has 119 heavy (non-hydrogen) atoms. The molecule has 0 radical (unpaired) electrons. The summed E-state index contributed by atoms with van der Waals surface area (Å²) in [5.74, 6) is 0.492. The first-order valence-corrected chi connectivity index (χ1v) is 37.8. The van der Waals surface area contributed by atoms with E-state index in [4.69, 9.17) is 10.8 Å². The van der Waals surface area contributed by atoms with Gasteiger partial charge in [-0.15, -0.1) is 20.4 Å². The molecule has 608 valence electrons. The molecule has 4 aromatic carbocycles. The van der Waals surface area contributed by atoms with Crippen LogP contribution in [-0.4, -0.2) is 205 Å². The van der Waals surface area contributed by atoms with Crippen LogP contribution in [-0.2, 0) is 45.4 Å². The van der Waals surface area contributed by atoms with Crippen molar-refractivity contribution >= 4 is 70.6 Å². The van der Waals surface area contributed by atoms with Gasteiger partial charge in [0.2, 0.25) is 5.91 Å². The fourth-order valence-corrected chi connectivity index (χ4v) is 15.2. The lowest BCUT2D eigenvalue weighted by Crippen LogP contribution is -2.48. The number of hydrogen-bond donors (Lipinski definition) is 5. The van der Waals surface area contributed by atoms with Crippen LogP contribution in [0.15, 0.2) is 196 Å². The minimum atomic E-state index is -1.06. The zero-order valence-corrected chi connectivity index (χ0v) is 63.6. The highest BCUT2D eigenvalue weighted by Gasteiger charge is 2.57. The zero-order valence-electron chi connectivity index (χ0n) is 63.6. The summed E-state index contributed by atoms with van der Waals surface area (Å²) in [4.78, 5) is 140. The van der Waals surface area contributed by atoms with Crippen molar-refractivity contribution in [2.45, 2.75) is 115 Å². The second-order valence-electron chi connectivity index (χ2n) is 29.5. The topological polar surface area (TPSA) is 458 Å². The Morgan fingerprint density at radius 3 is 0.857 bits per heavy atom. The van der Waals surface area contributed by atoms with E-state index in [0.717, 1.165) is 70.7 Å². The first-order valence-electron chi connectivity index (χ1n) is 37.8. The zero-order chi connectivity index (χ0) is 81.1. The molecular formula is C82H86N28O9. The van der Waals surface area contributed by atoms with Gasteiger partial charge in [-0.25, -0.2) is 43.5 Å². The van der Waals surface area contributed by atoms with E-state index in [-0.39, 0.29) is 103 Å². The van der Waals surface area contributed by atoms with Crippen LogP contribution in [0.25, 0.3) is 0 Å². The fourth-order valence-electron chi connectivity index (χ4n) is 15.2. The standard InChI is InChI=1S/3C20H19N7O2.C10H12N4O.C10H9N3O2.2CH4/c3*1-26-18-16(21-7-8-22-18)13-9-14(13)17(20(26)29)23-19(28)15-11-27(25-24-15)10-12-5-3-2-4-6-12;1-14-9-8(12-2-3-13-9)6-4-5(6)7(11)10(14)15;14-10(15)9-7-13(12-11-9)6-8-4-2-1-3-5-8;;/h3*2-8,11,13-14,17H,9-10H2,1H3,(H,23,28);2-3,5-7H,4,11H2,1H3;1-5,7H,6H2,(H,14,15);2*1H4/t13-,14?,17+;2*13-,14+,17+;5?,6-,7+;;;/m1101.../s1. The molecule has 4 aliphatic carbocycles. The summed E-state index contributed by atoms with van der Waals surface area (Å²) in [6, 6.07) is 36.8. The predicted molar refractivity (Wildman–Crippen MR) is 430 cm³/mol. The first kappa shape index (κ1) is 81.1. The number of aromatic nitrogens is 20. The van der Waals surface area contributed by atoms with Crippen molar-refractivity contribution < 1.29 is 43.5 Å². The predicted octanol–water partition coefficient (Wildman–Crippen LogP) is 5.17. The van der Waals surface area contributed by atoms with Crippen LogP contribution in [0, 0.1) is 23.7 Å². The molecule has 4 saturated carbocycles. The molecule has 0 bridgehead atoms. The number of likely N-dealkylation sites (N-methyl/N-ethyl adjacent to an activating group) is 4. The van der Waals surface area contributed by atoms with Crippen molar-refractivity contribution in [2.24, 2.45) is 29.4 Å². The monoisotopic (exact) mass is 1610 g/mol. The first-order chi connectivity index (χ1) is 56.8. The van der Waals surface area contributed by atoms with Crippen molar-refractivity contribution in [3.05, 3.63) is 263 Å². The molecule has 0 saturated heterocycles. The number of carbonyl (C=O) groups excluding carboxylic acids is 7. The molecule has 7 amide bonds. The summed E-state index contributed by atoms with van der Waals surface area (Å²) >= 11 is 0. The number of nitrogens with one attached hydrogen (secondary N) is 3. The van der Waals surface area contributed by atoms with Gasteiger partial charge in [-0.2, -0.15) is 0 Å². The molecule has 37 heteroatoms. The maximum absolute atomic E-state index is 13.0. The average molecular weight is 1610 g/mol. The number of amides is 7. The number of hydrogen-bond acceptors (Lipinski definition) is 25.